The summed E-state index contributed by atoms with van der Waals surface area (Å²) in [6.07, 6.45) is 0. The van der Waals surface area contributed by atoms with Crippen molar-refractivity contribution in [1.82, 2.24) is 0 Å². The third kappa shape index (κ3) is 4.53. The minimum Gasteiger partial charge on any atom is -1.00 e. The number of nitrogens with zero attached hydrogens (tertiary/aromatic N) is 1. The topological polar surface area (TPSA) is 21.6 Å². The number of rotatable bonds is 2. The van der Waals surface area contributed by atoms with Crippen molar-refractivity contribution in [1.29, 1.82) is 0 Å². The summed E-state index contributed by atoms with van der Waals surface area (Å²) in [5.41, 5.74) is 2.25. The van der Waals surface area contributed by atoms with E-state index < -0.39 is 0 Å². The van der Waals surface area contributed by atoms with Gasteiger partial charge in [0.2, 0.25) is 5.90 Å². The molecule has 0 bridgehead atoms. The van der Waals surface area contributed by atoms with E-state index in [2.05, 4.69) is 17.1 Å². The first kappa shape index (κ1) is 19.5. The summed E-state index contributed by atoms with van der Waals surface area (Å²) < 4.78 is 5.66. The fraction of sp³-hybridized carbons (Fsp3) is 0.133. The van der Waals surface area contributed by atoms with E-state index in [0.29, 0.717) is 6.61 Å². The van der Waals surface area contributed by atoms with Crippen LogP contribution in [0.15, 0.2) is 65.7 Å². The molecule has 0 amide bonds. The molecule has 1 aliphatic rings. The zero-order valence-electron chi connectivity index (χ0n) is 10.5. The SMILES string of the molecule is [Br-].[Br-].[Pd+2].c1ccc(C2=NC(c3ccccc3)CO2)cc1. The van der Waals surface area contributed by atoms with E-state index in [9.17, 15) is 0 Å². The molecular formula is C15H13Br2NOPd. The van der Waals surface area contributed by atoms with E-state index in [0.717, 1.165) is 11.5 Å². The molecule has 20 heavy (non-hydrogen) atoms. The van der Waals surface area contributed by atoms with Crippen LogP contribution in [0.5, 0.6) is 0 Å². The molecule has 0 N–H and O–H groups in total. The predicted molar refractivity (Wildman–Crippen MR) is 68.1 cm³/mol. The third-order valence-corrected chi connectivity index (χ3v) is 2.86. The molecule has 3 rings (SSSR count). The van der Waals surface area contributed by atoms with Crippen LogP contribution in [-0.4, -0.2) is 12.5 Å². The van der Waals surface area contributed by atoms with E-state index in [1.165, 1.54) is 5.56 Å². The molecule has 0 aliphatic carbocycles. The van der Waals surface area contributed by atoms with Crippen molar-refractivity contribution < 1.29 is 59.1 Å². The molecular weight excluding hydrogens is 476 g/mol. The number of hydrogen-bond donors (Lipinski definition) is 0. The molecule has 0 saturated heterocycles. The van der Waals surface area contributed by atoms with Gasteiger partial charge in [0.15, 0.2) is 0 Å². The van der Waals surface area contributed by atoms with Crippen molar-refractivity contribution in [2.75, 3.05) is 6.61 Å². The quantitative estimate of drug-likeness (QED) is 0.419. The van der Waals surface area contributed by atoms with Gasteiger partial charge >= 0.3 is 20.4 Å². The number of aliphatic imine (C=N–C) groups is 1. The molecule has 0 aromatic heterocycles. The monoisotopic (exact) mass is 487 g/mol. The molecule has 2 aromatic rings. The Bertz CT molecular complexity index is 534. The van der Waals surface area contributed by atoms with Crippen molar-refractivity contribution in [3.63, 3.8) is 0 Å². The van der Waals surface area contributed by atoms with E-state index in [-0.39, 0.29) is 60.4 Å². The molecule has 0 saturated carbocycles. The molecule has 2 aromatic carbocycles. The maximum absolute atomic E-state index is 5.66. The van der Waals surface area contributed by atoms with Crippen molar-refractivity contribution in [3.05, 3.63) is 71.8 Å². The molecule has 0 radical (unpaired) electrons. The summed E-state index contributed by atoms with van der Waals surface area (Å²) in [7, 11) is 0. The molecule has 0 fully saturated rings. The Morgan fingerprint density at radius 2 is 1.40 bits per heavy atom. The van der Waals surface area contributed by atoms with Gasteiger partial charge in [-0.2, -0.15) is 0 Å². The van der Waals surface area contributed by atoms with Crippen LogP contribution in [-0.2, 0) is 25.2 Å². The van der Waals surface area contributed by atoms with Gasteiger partial charge in [-0.05, 0) is 17.7 Å². The Labute approximate surface area is 153 Å². The zero-order valence-corrected chi connectivity index (χ0v) is 15.2. The van der Waals surface area contributed by atoms with Crippen LogP contribution in [0, 0.1) is 0 Å². The molecule has 2 nitrogen and oxygen atoms in total. The second kappa shape index (κ2) is 9.47. The summed E-state index contributed by atoms with van der Waals surface area (Å²) in [6, 6.07) is 20.4. The van der Waals surface area contributed by atoms with E-state index >= 15 is 0 Å². The first-order valence-electron chi connectivity index (χ1n) is 5.74. The van der Waals surface area contributed by atoms with Gasteiger partial charge in [0.25, 0.3) is 0 Å². The summed E-state index contributed by atoms with van der Waals surface area (Å²) >= 11 is 0. The van der Waals surface area contributed by atoms with Crippen LogP contribution >= 0.6 is 0 Å². The van der Waals surface area contributed by atoms with Gasteiger partial charge in [-0.25, -0.2) is 4.99 Å². The van der Waals surface area contributed by atoms with Gasteiger partial charge in [-0.3, -0.25) is 0 Å². The molecule has 5 heteroatoms. The number of ether oxygens (including phenoxy) is 1. The maximum atomic E-state index is 5.66. The number of benzene rings is 2. The van der Waals surface area contributed by atoms with Crippen LogP contribution in [0.4, 0.5) is 0 Å². The van der Waals surface area contributed by atoms with Gasteiger partial charge < -0.3 is 38.7 Å². The third-order valence-electron chi connectivity index (χ3n) is 2.86. The zero-order chi connectivity index (χ0) is 11.5. The first-order valence-corrected chi connectivity index (χ1v) is 5.74. The summed E-state index contributed by atoms with van der Waals surface area (Å²) in [4.78, 5) is 4.62. The van der Waals surface area contributed by atoms with Gasteiger partial charge in [-0.15, -0.1) is 0 Å². The van der Waals surface area contributed by atoms with Crippen molar-refractivity contribution in [3.8, 4) is 0 Å². The van der Waals surface area contributed by atoms with Crippen LogP contribution in [0.2, 0.25) is 0 Å². The Morgan fingerprint density at radius 3 is 2.00 bits per heavy atom. The molecule has 1 unspecified atom stereocenters. The van der Waals surface area contributed by atoms with Crippen molar-refractivity contribution in [2.45, 2.75) is 6.04 Å². The minimum atomic E-state index is 0. The van der Waals surface area contributed by atoms with Gasteiger partial charge in [0, 0.05) is 5.56 Å². The smallest absolute Gasteiger partial charge is 1.00 e. The Hall–Kier alpha value is -0.468. The Kier molecular flexibility index (Phi) is 9.24. The fourth-order valence-electron chi connectivity index (χ4n) is 1.96. The molecule has 1 atom stereocenters. The summed E-state index contributed by atoms with van der Waals surface area (Å²) in [5.74, 6) is 0.749. The van der Waals surface area contributed by atoms with Crippen LogP contribution in [0.3, 0.4) is 0 Å². The van der Waals surface area contributed by atoms with E-state index in [4.69, 9.17) is 4.74 Å². The Balaban J connectivity index is 0.00000120. The largest absolute Gasteiger partial charge is 2.00 e. The number of hydrogen-bond acceptors (Lipinski definition) is 2. The normalized spacial score (nSPS) is 15.8. The van der Waals surface area contributed by atoms with Gasteiger partial charge in [0.1, 0.15) is 12.6 Å². The van der Waals surface area contributed by atoms with Crippen LogP contribution in [0.1, 0.15) is 17.2 Å². The van der Waals surface area contributed by atoms with Gasteiger partial charge in [-0.1, -0.05) is 48.5 Å². The standard InChI is InChI=1S/C15H13NO.2BrH.Pd/c1-3-7-12(8-4-1)14-11-17-15(16-14)13-9-5-2-6-10-13;;;/h1-10,14H,11H2;2*1H;/q;;;+2/p-2. The summed E-state index contributed by atoms with van der Waals surface area (Å²) in [5, 5.41) is 0. The van der Waals surface area contributed by atoms with Crippen LogP contribution in [0.25, 0.3) is 0 Å². The second-order valence-corrected chi connectivity index (χ2v) is 4.04. The molecule has 1 aliphatic heterocycles. The summed E-state index contributed by atoms with van der Waals surface area (Å²) in [6.45, 7) is 0.633. The predicted octanol–water partition coefficient (Wildman–Crippen LogP) is -2.79. The van der Waals surface area contributed by atoms with Crippen molar-refractivity contribution >= 4 is 5.90 Å². The van der Waals surface area contributed by atoms with Crippen molar-refractivity contribution in [2.24, 2.45) is 4.99 Å². The first-order chi connectivity index (χ1) is 8.43. The molecule has 0 spiro atoms. The average molecular weight is 490 g/mol. The molecule has 1 heterocycles. The average Bonchev–Trinajstić information content (AvgIpc) is 2.90. The maximum Gasteiger partial charge on any atom is 2.00 e. The molecule has 108 valence electrons. The van der Waals surface area contributed by atoms with Crippen LogP contribution < -0.4 is 34.0 Å². The van der Waals surface area contributed by atoms with E-state index in [1.807, 2.05) is 48.5 Å². The van der Waals surface area contributed by atoms with Gasteiger partial charge in [0.05, 0.1) is 0 Å². The Morgan fingerprint density at radius 1 is 0.850 bits per heavy atom. The second-order valence-electron chi connectivity index (χ2n) is 4.04. The van der Waals surface area contributed by atoms with E-state index in [1.54, 1.807) is 0 Å². The fourth-order valence-corrected chi connectivity index (χ4v) is 1.96. The number of halogens is 2. The minimum absolute atomic E-state index is 0.